The predicted octanol–water partition coefficient (Wildman–Crippen LogP) is 2.97. The van der Waals surface area contributed by atoms with Crippen LogP contribution in [0.25, 0.3) is 0 Å². The van der Waals surface area contributed by atoms with Gasteiger partial charge in [0.15, 0.2) is 0 Å². The van der Waals surface area contributed by atoms with Gasteiger partial charge < -0.3 is 10.1 Å². The molecule has 1 aliphatic rings. The van der Waals surface area contributed by atoms with Crippen molar-refractivity contribution in [2.75, 3.05) is 39.3 Å². The van der Waals surface area contributed by atoms with Crippen LogP contribution >= 0.6 is 0 Å². The molecule has 5 nitrogen and oxygen atoms in total. The summed E-state index contributed by atoms with van der Waals surface area (Å²) in [5, 5.41) is 2.89. The molecule has 0 spiro atoms. The van der Waals surface area contributed by atoms with E-state index in [4.69, 9.17) is 4.74 Å². The highest BCUT2D eigenvalue weighted by molar-refractivity contribution is 5.78. The Morgan fingerprint density at radius 3 is 2.34 bits per heavy atom. The van der Waals surface area contributed by atoms with Crippen molar-refractivity contribution >= 4 is 5.91 Å². The number of aryl methyl sites for hydroxylation is 1. The Hall–Kier alpha value is -2.44. The maximum Gasteiger partial charge on any atom is 0.234 e. The number of piperazine rings is 1. The molecule has 1 heterocycles. The highest BCUT2D eigenvalue weighted by Gasteiger charge is 2.19. The normalized spacial score (nSPS) is 15.3. The second-order valence-corrected chi connectivity index (χ2v) is 7.49. The van der Waals surface area contributed by atoms with Crippen LogP contribution in [0.5, 0.6) is 5.75 Å². The van der Waals surface area contributed by atoms with Gasteiger partial charge in [0.1, 0.15) is 11.6 Å². The lowest BCUT2D eigenvalue weighted by molar-refractivity contribution is -0.122. The van der Waals surface area contributed by atoms with E-state index >= 15 is 0 Å². The number of carbonyl (C=O) groups excluding carboxylic acids is 1. The second-order valence-electron chi connectivity index (χ2n) is 7.49. The van der Waals surface area contributed by atoms with Gasteiger partial charge in [0.05, 0.1) is 13.2 Å². The molecule has 6 heteroatoms. The SMILES string of the molecule is CCOc1ccc(CN2CCN(CC(=O)NCc3ccc(C)c(F)c3)CC2)cc1. The molecule has 29 heavy (non-hydrogen) atoms. The van der Waals surface area contributed by atoms with Gasteiger partial charge in [0.25, 0.3) is 0 Å². The van der Waals surface area contributed by atoms with E-state index in [2.05, 4.69) is 27.2 Å². The highest BCUT2D eigenvalue weighted by atomic mass is 19.1. The molecular weight excluding hydrogens is 369 g/mol. The average Bonchev–Trinajstić information content (AvgIpc) is 2.72. The van der Waals surface area contributed by atoms with Gasteiger partial charge in [0.2, 0.25) is 5.91 Å². The van der Waals surface area contributed by atoms with Crippen LogP contribution in [-0.2, 0) is 17.9 Å². The molecular formula is C23H30FN3O2. The smallest absolute Gasteiger partial charge is 0.234 e. The standard InChI is InChI=1S/C23H30FN3O2/c1-3-29-21-8-6-19(7-9-21)16-26-10-12-27(13-11-26)17-23(28)25-15-20-5-4-18(2)22(24)14-20/h4-9,14H,3,10-13,15-17H2,1-2H3,(H,25,28). The van der Waals surface area contributed by atoms with Crippen molar-refractivity contribution in [2.45, 2.75) is 26.9 Å². The van der Waals surface area contributed by atoms with E-state index < -0.39 is 0 Å². The maximum absolute atomic E-state index is 13.6. The first-order chi connectivity index (χ1) is 14.0. The van der Waals surface area contributed by atoms with Crippen LogP contribution in [0.2, 0.25) is 0 Å². The molecule has 0 aromatic heterocycles. The zero-order chi connectivity index (χ0) is 20.6. The number of ether oxygens (including phenoxy) is 1. The Labute approximate surface area is 172 Å². The van der Waals surface area contributed by atoms with Crippen LogP contribution in [0.4, 0.5) is 4.39 Å². The highest BCUT2D eigenvalue weighted by Crippen LogP contribution is 2.15. The summed E-state index contributed by atoms with van der Waals surface area (Å²) in [6.45, 7) is 9.63. The average molecular weight is 400 g/mol. The van der Waals surface area contributed by atoms with Crippen molar-refractivity contribution in [3.8, 4) is 5.75 Å². The van der Waals surface area contributed by atoms with Crippen molar-refractivity contribution in [3.63, 3.8) is 0 Å². The van der Waals surface area contributed by atoms with Crippen LogP contribution < -0.4 is 10.1 Å². The summed E-state index contributed by atoms with van der Waals surface area (Å²) in [5.41, 5.74) is 2.66. The lowest BCUT2D eigenvalue weighted by Crippen LogP contribution is -2.49. The number of hydrogen-bond acceptors (Lipinski definition) is 4. The molecule has 0 bridgehead atoms. The third-order valence-corrected chi connectivity index (χ3v) is 5.20. The number of halogens is 1. The Morgan fingerprint density at radius 1 is 1.03 bits per heavy atom. The number of nitrogens with zero attached hydrogens (tertiary/aromatic N) is 2. The fourth-order valence-corrected chi connectivity index (χ4v) is 3.43. The molecule has 1 saturated heterocycles. The summed E-state index contributed by atoms with van der Waals surface area (Å²) in [6, 6.07) is 13.3. The van der Waals surface area contributed by atoms with Crippen LogP contribution in [0.15, 0.2) is 42.5 Å². The van der Waals surface area contributed by atoms with Crippen molar-refractivity contribution < 1.29 is 13.9 Å². The topological polar surface area (TPSA) is 44.8 Å². The molecule has 0 unspecified atom stereocenters. The first-order valence-electron chi connectivity index (χ1n) is 10.2. The fraction of sp³-hybridized carbons (Fsp3) is 0.435. The Balaban J connectivity index is 1.37. The number of benzene rings is 2. The third-order valence-electron chi connectivity index (χ3n) is 5.20. The Bertz CT molecular complexity index is 802. The van der Waals surface area contributed by atoms with Gasteiger partial charge in [-0.3, -0.25) is 14.6 Å². The molecule has 2 aromatic carbocycles. The molecule has 1 N–H and O–H groups in total. The van der Waals surface area contributed by atoms with E-state index in [0.717, 1.165) is 44.0 Å². The van der Waals surface area contributed by atoms with E-state index in [1.165, 1.54) is 11.6 Å². The Morgan fingerprint density at radius 2 is 1.69 bits per heavy atom. The molecule has 0 radical (unpaired) electrons. The van der Waals surface area contributed by atoms with Gasteiger partial charge in [-0.25, -0.2) is 4.39 Å². The molecule has 0 aliphatic carbocycles. The third kappa shape index (κ3) is 6.54. The van der Waals surface area contributed by atoms with Crippen molar-refractivity contribution in [3.05, 3.63) is 65.0 Å². The molecule has 2 aromatic rings. The van der Waals surface area contributed by atoms with E-state index in [1.807, 2.05) is 25.1 Å². The van der Waals surface area contributed by atoms with Crippen LogP contribution in [0.1, 0.15) is 23.6 Å². The number of carbonyl (C=O) groups is 1. The number of nitrogens with one attached hydrogen (secondary N) is 1. The summed E-state index contributed by atoms with van der Waals surface area (Å²) in [7, 11) is 0. The van der Waals surface area contributed by atoms with E-state index in [9.17, 15) is 9.18 Å². The van der Waals surface area contributed by atoms with Gasteiger partial charge in [0, 0.05) is 39.3 Å². The molecule has 1 aliphatic heterocycles. The summed E-state index contributed by atoms with van der Waals surface area (Å²) >= 11 is 0. The lowest BCUT2D eigenvalue weighted by atomic mass is 10.1. The zero-order valence-corrected chi connectivity index (χ0v) is 17.3. The van der Waals surface area contributed by atoms with Gasteiger partial charge in [-0.2, -0.15) is 0 Å². The summed E-state index contributed by atoms with van der Waals surface area (Å²) in [5.74, 6) is 0.645. The van der Waals surface area contributed by atoms with E-state index in [1.54, 1.807) is 13.0 Å². The Kier molecular flexibility index (Phi) is 7.61. The summed E-state index contributed by atoms with van der Waals surface area (Å²) in [6.07, 6.45) is 0. The van der Waals surface area contributed by atoms with Crippen LogP contribution in [0, 0.1) is 12.7 Å². The van der Waals surface area contributed by atoms with Crippen molar-refractivity contribution in [1.29, 1.82) is 0 Å². The first kappa shape index (κ1) is 21.3. The minimum absolute atomic E-state index is 0.0223. The van der Waals surface area contributed by atoms with Gasteiger partial charge in [-0.15, -0.1) is 0 Å². The van der Waals surface area contributed by atoms with Crippen molar-refractivity contribution in [2.24, 2.45) is 0 Å². The molecule has 1 amide bonds. The minimum Gasteiger partial charge on any atom is -0.494 e. The zero-order valence-electron chi connectivity index (χ0n) is 17.3. The van der Waals surface area contributed by atoms with Crippen molar-refractivity contribution in [1.82, 2.24) is 15.1 Å². The minimum atomic E-state index is -0.236. The number of amides is 1. The van der Waals surface area contributed by atoms with Gasteiger partial charge in [-0.1, -0.05) is 24.3 Å². The number of hydrogen-bond donors (Lipinski definition) is 1. The van der Waals surface area contributed by atoms with E-state index in [-0.39, 0.29) is 11.7 Å². The summed E-state index contributed by atoms with van der Waals surface area (Å²) < 4.78 is 19.1. The predicted molar refractivity (Wildman–Crippen MR) is 112 cm³/mol. The summed E-state index contributed by atoms with van der Waals surface area (Å²) in [4.78, 5) is 16.8. The van der Waals surface area contributed by atoms with Gasteiger partial charge in [-0.05, 0) is 48.7 Å². The molecule has 1 fully saturated rings. The first-order valence-corrected chi connectivity index (χ1v) is 10.2. The van der Waals surface area contributed by atoms with Crippen LogP contribution in [-0.4, -0.2) is 55.0 Å². The fourth-order valence-electron chi connectivity index (χ4n) is 3.43. The quantitative estimate of drug-likeness (QED) is 0.741. The van der Waals surface area contributed by atoms with Crippen LogP contribution in [0.3, 0.4) is 0 Å². The second kappa shape index (κ2) is 10.4. The molecule has 0 saturated carbocycles. The molecule has 3 rings (SSSR count). The molecule has 156 valence electrons. The largest absolute Gasteiger partial charge is 0.494 e. The monoisotopic (exact) mass is 399 g/mol. The molecule has 0 atom stereocenters. The van der Waals surface area contributed by atoms with E-state index in [0.29, 0.717) is 25.3 Å². The number of rotatable bonds is 8. The lowest BCUT2D eigenvalue weighted by Gasteiger charge is -2.34. The maximum atomic E-state index is 13.6. The van der Waals surface area contributed by atoms with Gasteiger partial charge >= 0.3 is 0 Å².